The van der Waals surface area contributed by atoms with E-state index in [4.69, 9.17) is 28.9 Å². The number of piperazine rings is 1. The van der Waals surface area contributed by atoms with Crippen LogP contribution in [-0.2, 0) is 11.2 Å². The first-order chi connectivity index (χ1) is 15.9. The van der Waals surface area contributed by atoms with E-state index in [0.29, 0.717) is 23.7 Å². The van der Waals surface area contributed by atoms with Crippen molar-refractivity contribution in [1.82, 2.24) is 14.7 Å². The molecule has 0 aliphatic carbocycles. The topological polar surface area (TPSA) is 65.2 Å². The van der Waals surface area contributed by atoms with Gasteiger partial charge in [0.2, 0.25) is 5.91 Å². The summed E-state index contributed by atoms with van der Waals surface area (Å²) in [6.07, 6.45) is 6.43. The average Bonchev–Trinajstić information content (AvgIpc) is 2.79. The third-order valence-electron chi connectivity index (χ3n) is 6.62. The molecule has 0 spiro atoms. The third kappa shape index (κ3) is 7.94. The summed E-state index contributed by atoms with van der Waals surface area (Å²) in [6, 6.07) is 9.30. The number of halogens is 2. The number of hydrogen-bond acceptors (Lipinski definition) is 5. The lowest BCUT2D eigenvalue weighted by atomic mass is 9.99. The van der Waals surface area contributed by atoms with Crippen LogP contribution in [0.15, 0.2) is 52.1 Å². The monoisotopic (exact) mass is 491 g/mol. The highest BCUT2D eigenvalue weighted by Crippen LogP contribution is 2.23. The molecule has 33 heavy (non-hydrogen) atoms. The Morgan fingerprint density at radius 3 is 2.48 bits per heavy atom. The first-order valence-corrected chi connectivity index (χ1v) is 12.4. The van der Waals surface area contributed by atoms with Gasteiger partial charge in [0.05, 0.1) is 5.57 Å². The van der Waals surface area contributed by atoms with E-state index in [-0.39, 0.29) is 5.57 Å². The van der Waals surface area contributed by atoms with Crippen LogP contribution >= 0.6 is 23.2 Å². The van der Waals surface area contributed by atoms with Crippen LogP contribution in [0, 0.1) is 0 Å². The van der Waals surface area contributed by atoms with Crippen LogP contribution in [0.3, 0.4) is 0 Å². The van der Waals surface area contributed by atoms with E-state index in [9.17, 15) is 4.79 Å². The third-order valence-corrected chi connectivity index (χ3v) is 7.10. The molecule has 0 aromatic heterocycles. The summed E-state index contributed by atoms with van der Waals surface area (Å²) in [4.78, 5) is 22.7. The standard InChI is InChI=1S/C25H35Cl2N5O/c1-19-17-31(18-23(27)15-21(16-29-2)25(28)33)13-14-32(19)24-8-11-30(12-9-24)10-7-20-3-5-22(26)6-4-20/h3-6,15-16,19,24H,2,7-14,17-18H2,1H3,(H2,28,33)/b21-16+,23-15+. The summed E-state index contributed by atoms with van der Waals surface area (Å²) in [5, 5.41) is 1.38. The van der Waals surface area contributed by atoms with E-state index >= 15 is 0 Å². The Labute approximate surface area is 207 Å². The van der Waals surface area contributed by atoms with Crippen molar-refractivity contribution in [3.63, 3.8) is 0 Å². The summed E-state index contributed by atoms with van der Waals surface area (Å²) in [6.45, 7) is 12.6. The number of aliphatic imine (C=N–C) groups is 1. The number of primary amides is 1. The van der Waals surface area contributed by atoms with Gasteiger partial charge in [0, 0.05) is 61.1 Å². The number of hydrogen-bond donors (Lipinski definition) is 1. The number of piperidine rings is 1. The molecule has 3 rings (SSSR count). The predicted molar refractivity (Wildman–Crippen MR) is 138 cm³/mol. The number of nitrogens with zero attached hydrogens (tertiary/aromatic N) is 4. The summed E-state index contributed by atoms with van der Waals surface area (Å²) < 4.78 is 0. The summed E-state index contributed by atoms with van der Waals surface area (Å²) >= 11 is 12.4. The van der Waals surface area contributed by atoms with E-state index < -0.39 is 5.91 Å². The number of benzene rings is 1. The molecule has 2 aliphatic heterocycles. The molecule has 8 heteroatoms. The highest BCUT2D eigenvalue weighted by molar-refractivity contribution is 6.30. The predicted octanol–water partition coefficient (Wildman–Crippen LogP) is 3.55. The minimum atomic E-state index is -0.557. The van der Waals surface area contributed by atoms with Gasteiger partial charge in [0.25, 0.3) is 0 Å². The molecule has 1 amide bonds. The molecule has 1 unspecified atom stereocenters. The lowest BCUT2D eigenvalue weighted by Gasteiger charge is -2.46. The van der Waals surface area contributed by atoms with Gasteiger partial charge in [0.1, 0.15) is 0 Å². The van der Waals surface area contributed by atoms with E-state index in [1.165, 1.54) is 24.6 Å². The van der Waals surface area contributed by atoms with Gasteiger partial charge in [-0.1, -0.05) is 35.3 Å². The SMILES string of the molecule is C=N/C=C(\C=C(\Cl)CN1CCN(C2CCN(CCc3ccc(Cl)cc3)CC2)C(C)C1)C(N)=O. The molecule has 0 bridgehead atoms. The Bertz CT molecular complexity index is 862. The lowest BCUT2D eigenvalue weighted by Crippen LogP contribution is -2.57. The normalized spacial score (nSPS) is 22.5. The number of likely N-dealkylation sites (tertiary alicyclic amines) is 1. The van der Waals surface area contributed by atoms with Crippen LogP contribution in [0.1, 0.15) is 25.3 Å². The van der Waals surface area contributed by atoms with Gasteiger partial charge in [-0.25, -0.2) is 0 Å². The molecular formula is C25H35Cl2N5O. The maximum atomic E-state index is 11.5. The van der Waals surface area contributed by atoms with E-state index in [2.05, 4.69) is 45.5 Å². The Balaban J connectivity index is 1.43. The van der Waals surface area contributed by atoms with Gasteiger partial charge in [-0.15, -0.1) is 0 Å². The quantitative estimate of drug-likeness (QED) is 0.325. The minimum Gasteiger partial charge on any atom is -0.366 e. The minimum absolute atomic E-state index is 0.268. The molecule has 180 valence electrons. The number of nitrogens with two attached hydrogens (primary N) is 1. The zero-order chi connectivity index (χ0) is 23.8. The summed E-state index contributed by atoms with van der Waals surface area (Å²) in [7, 11) is 0. The summed E-state index contributed by atoms with van der Waals surface area (Å²) in [5.74, 6) is -0.557. The van der Waals surface area contributed by atoms with Crippen LogP contribution in [0.2, 0.25) is 5.02 Å². The average molecular weight is 492 g/mol. The van der Waals surface area contributed by atoms with Crippen molar-refractivity contribution < 1.29 is 4.79 Å². The van der Waals surface area contributed by atoms with Crippen molar-refractivity contribution in [2.45, 2.75) is 38.3 Å². The lowest BCUT2D eigenvalue weighted by molar-refractivity contribution is -0.114. The van der Waals surface area contributed by atoms with Crippen molar-refractivity contribution in [2.75, 3.05) is 45.8 Å². The Hall–Kier alpha value is -1.70. The van der Waals surface area contributed by atoms with Gasteiger partial charge < -0.3 is 10.6 Å². The van der Waals surface area contributed by atoms with Crippen molar-refractivity contribution >= 4 is 35.8 Å². The second-order valence-electron chi connectivity index (χ2n) is 8.99. The maximum absolute atomic E-state index is 11.5. The van der Waals surface area contributed by atoms with Crippen molar-refractivity contribution in [1.29, 1.82) is 0 Å². The highest BCUT2D eigenvalue weighted by atomic mass is 35.5. The molecule has 2 heterocycles. The number of rotatable bonds is 9. The molecule has 2 N–H and O–H groups in total. The Morgan fingerprint density at radius 1 is 1.18 bits per heavy atom. The van der Waals surface area contributed by atoms with Crippen molar-refractivity contribution in [3.8, 4) is 0 Å². The van der Waals surface area contributed by atoms with Crippen LogP contribution in [-0.4, -0.2) is 85.2 Å². The van der Waals surface area contributed by atoms with E-state index in [0.717, 1.165) is 50.7 Å². The van der Waals surface area contributed by atoms with Crippen LogP contribution in [0.25, 0.3) is 0 Å². The van der Waals surface area contributed by atoms with Crippen LogP contribution in [0.4, 0.5) is 0 Å². The van der Waals surface area contributed by atoms with Crippen molar-refractivity contribution in [3.05, 3.63) is 57.7 Å². The van der Waals surface area contributed by atoms with Gasteiger partial charge in [-0.2, -0.15) is 0 Å². The first-order valence-electron chi connectivity index (χ1n) is 11.6. The molecule has 1 aromatic rings. The molecule has 2 fully saturated rings. The van der Waals surface area contributed by atoms with Gasteiger partial charge in [0.15, 0.2) is 0 Å². The van der Waals surface area contributed by atoms with Gasteiger partial charge in [-0.3, -0.25) is 19.6 Å². The highest BCUT2D eigenvalue weighted by Gasteiger charge is 2.31. The molecular weight excluding hydrogens is 457 g/mol. The van der Waals surface area contributed by atoms with Crippen LogP contribution < -0.4 is 5.73 Å². The zero-order valence-electron chi connectivity index (χ0n) is 19.4. The fourth-order valence-electron chi connectivity index (χ4n) is 4.84. The number of amides is 1. The Morgan fingerprint density at radius 2 is 1.88 bits per heavy atom. The molecule has 2 saturated heterocycles. The molecule has 6 nitrogen and oxygen atoms in total. The zero-order valence-corrected chi connectivity index (χ0v) is 20.9. The molecule has 2 aliphatic rings. The maximum Gasteiger partial charge on any atom is 0.250 e. The first kappa shape index (κ1) is 25.9. The fraction of sp³-hybridized carbons (Fsp3) is 0.520. The smallest absolute Gasteiger partial charge is 0.250 e. The van der Waals surface area contributed by atoms with E-state index in [1.54, 1.807) is 6.08 Å². The molecule has 0 radical (unpaired) electrons. The molecule has 1 aromatic carbocycles. The largest absolute Gasteiger partial charge is 0.366 e. The molecule has 0 saturated carbocycles. The van der Waals surface area contributed by atoms with Gasteiger partial charge in [-0.05, 0) is 69.8 Å². The number of carbonyl (C=O) groups is 1. The molecule has 1 atom stereocenters. The fourth-order valence-corrected chi connectivity index (χ4v) is 5.26. The van der Waals surface area contributed by atoms with Gasteiger partial charge >= 0.3 is 0 Å². The second kappa shape index (κ2) is 12.7. The van der Waals surface area contributed by atoms with Crippen LogP contribution in [0.5, 0.6) is 0 Å². The number of carbonyl (C=O) groups excluding carboxylic acids is 1. The summed E-state index contributed by atoms with van der Waals surface area (Å²) in [5.41, 5.74) is 6.98. The Kier molecular flexibility index (Phi) is 9.95. The van der Waals surface area contributed by atoms with Crippen molar-refractivity contribution in [2.24, 2.45) is 10.7 Å². The second-order valence-corrected chi connectivity index (χ2v) is 9.92. The van der Waals surface area contributed by atoms with E-state index in [1.807, 2.05) is 12.1 Å².